The second kappa shape index (κ2) is 9.82. The van der Waals surface area contributed by atoms with E-state index in [4.69, 9.17) is 18.9 Å². The Morgan fingerprint density at radius 3 is 2.44 bits per heavy atom. The van der Waals surface area contributed by atoms with Gasteiger partial charge < -0.3 is 23.8 Å². The fraction of sp³-hybridized carbons (Fsp3) is 0.519. The second-order valence-corrected chi connectivity index (χ2v) is 9.67. The SMILES string of the molecule is COc1cc(C(=O)N2CCC3(CC2)C[C@@H](OC(C)C)c2cc(F)ccc2O3)ccc1OC(C)C. The molecule has 6 nitrogen and oxygen atoms in total. The largest absolute Gasteiger partial charge is 0.493 e. The minimum Gasteiger partial charge on any atom is -0.493 e. The van der Waals surface area contributed by atoms with Crippen molar-refractivity contribution in [2.75, 3.05) is 20.2 Å². The van der Waals surface area contributed by atoms with Crippen LogP contribution < -0.4 is 14.2 Å². The number of carbonyl (C=O) groups excluding carboxylic acids is 1. The number of likely N-dealkylation sites (tertiary alicyclic amines) is 1. The Balaban J connectivity index is 1.48. The molecule has 1 saturated heterocycles. The van der Waals surface area contributed by atoms with Crippen LogP contribution in [-0.4, -0.2) is 48.8 Å². The number of carbonyl (C=O) groups is 1. The van der Waals surface area contributed by atoms with Crippen LogP contribution in [0.4, 0.5) is 4.39 Å². The van der Waals surface area contributed by atoms with E-state index < -0.39 is 5.60 Å². The third-order valence-electron chi connectivity index (χ3n) is 6.37. The quantitative estimate of drug-likeness (QED) is 0.553. The summed E-state index contributed by atoms with van der Waals surface area (Å²) in [5, 5.41) is 0. The highest BCUT2D eigenvalue weighted by Crippen LogP contribution is 2.46. The zero-order chi connectivity index (χ0) is 24.5. The molecule has 2 aromatic rings. The van der Waals surface area contributed by atoms with Crippen LogP contribution in [0.15, 0.2) is 36.4 Å². The van der Waals surface area contributed by atoms with Gasteiger partial charge in [0.2, 0.25) is 0 Å². The highest BCUT2D eigenvalue weighted by molar-refractivity contribution is 5.95. The number of amides is 1. The predicted molar refractivity (Wildman–Crippen MR) is 127 cm³/mol. The maximum atomic E-state index is 13.9. The number of hydrogen-bond acceptors (Lipinski definition) is 5. The molecule has 0 aliphatic carbocycles. The van der Waals surface area contributed by atoms with E-state index in [0.717, 1.165) is 5.56 Å². The van der Waals surface area contributed by atoms with Crippen LogP contribution in [0.2, 0.25) is 0 Å². The minimum absolute atomic E-state index is 0.00866. The topological polar surface area (TPSA) is 57.2 Å². The number of nitrogens with zero attached hydrogens (tertiary/aromatic N) is 1. The van der Waals surface area contributed by atoms with Crippen molar-refractivity contribution in [2.24, 2.45) is 0 Å². The maximum absolute atomic E-state index is 13.9. The first-order valence-electron chi connectivity index (χ1n) is 12.0. The number of halogens is 1. The summed E-state index contributed by atoms with van der Waals surface area (Å²) in [6, 6.07) is 9.91. The molecule has 7 heteroatoms. The van der Waals surface area contributed by atoms with Gasteiger partial charge in [-0.2, -0.15) is 0 Å². The summed E-state index contributed by atoms with van der Waals surface area (Å²) in [4.78, 5) is 15.1. The molecule has 0 bridgehead atoms. The Kier molecular flexibility index (Phi) is 7.03. The van der Waals surface area contributed by atoms with Crippen LogP contribution in [-0.2, 0) is 4.74 Å². The normalized spacial score (nSPS) is 19.2. The molecule has 4 rings (SSSR count). The summed E-state index contributed by atoms with van der Waals surface area (Å²) in [6.07, 6.45) is 1.78. The summed E-state index contributed by atoms with van der Waals surface area (Å²) in [6.45, 7) is 8.98. The van der Waals surface area contributed by atoms with E-state index in [-0.39, 0.29) is 30.0 Å². The molecule has 1 spiro atoms. The van der Waals surface area contributed by atoms with E-state index in [1.165, 1.54) is 12.1 Å². The Hall–Kier alpha value is -2.80. The van der Waals surface area contributed by atoms with E-state index in [1.54, 1.807) is 31.4 Å². The van der Waals surface area contributed by atoms with Crippen molar-refractivity contribution in [1.82, 2.24) is 4.90 Å². The number of hydrogen-bond donors (Lipinski definition) is 0. The Morgan fingerprint density at radius 1 is 1.06 bits per heavy atom. The van der Waals surface area contributed by atoms with Gasteiger partial charge in [0.15, 0.2) is 11.5 Å². The van der Waals surface area contributed by atoms with Gasteiger partial charge in [0.25, 0.3) is 5.91 Å². The number of methoxy groups -OCH3 is 1. The molecule has 2 aliphatic rings. The highest BCUT2D eigenvalue weighted by atomic mass is 19.1. The first-order valence-corrected chi connectivity index (χ1v) is 12.0. The van der Waals surface area contributed by atoms with Gasteiger partial charge in [-0.1, -0.05) is 0 Å². The molecular formula is C27H34FNO5. The zero-order valence-electron chi connectivity index (χ0n) is 20.6. The molecule has 2 aliphatic heterocycles. The number of benzene rings is 2. The fourth-order valence-electron chi connectivity index (χ4n) is 4.79. The van der Waals surface area contributed by atoms with Gasteiger partial charge in [0.05, 0.1) is 25.4 Å². The summed E-state index contributed by atoms with van der Waals surface area (Å²) in [7, 11) is 1.57. The van der Waals surface area contributed by atoms with E-state index in [0.29, 0.717) is 55.2 Å². The predicted octanol–water partition coefficient (Wildman–Crippen LogP) is 5.55. The minimum atomic E-state index is -0.437. The summed E-state index contributed by atoms with van der Waals surface area (Å²) < 4.78 is 37.7. The molecule has 1 amide bonds. The van der Waals surface area contributed by atoms with Crippen LogP contribution >= 0.6 is 0 Å². The molecule has 34 heavy (non-hydrogen) atoms. The first-order chi connectivity index (χ1) is 16.2. The van der Waals surface area contributed by atoms with Crippen molar-refractivity contribution >= 4 is 5.91 Å². The number of ether oxygens (including phenoxy) is 4. The van der Waals surface area contributed by atoms with E-state index in [1.807, 2.05) is 32.6 Å². The smallest absolute Gasteiger partial charge is 0.253 e. The zero-order valence-corrected chi connectivity index (χ0v) is 20.6. The lowest BCUT2D eigenvalue weighted by atomic mass is 9.81. The molecule has 184 valence electrons. The Bertz CT molecular complexity index is 1030. The van der Waals surface area contributed by atoms with Crippen molar-refractivity contribution in [3.05, 3.63) is 53.3 Å². The molecule has 2 aromatic carbocycles. The standard InChI is InChI=1S/C27H34FNO5/c1-17(2)32-23-8-6-19(14-24(23)31-5)26(30)29-12-10-27(11-13-29)16-25(33-18(3)4)21-15-20(28)7-9-22(21)34-27/h6-9,14-15,17-18,25H,10-13,16H2,1-5H3/t25-/m1/s1. The summed E-state index contributed by atoms with van der Waals surface area (Å²) in [5.41, 5.74) is 0.886. The van der Waals surface area contributed by atoms with Crippen LogP contribution in [0.1, 0.15) is 69.0 Å². The molecule has 0 saturated carbocycles. The van der Waals surface area contributed by atoms with Gasteiger partial charge >= 0.3 is 0 Å². The molecular weight excluding hydrogens is 437 g/mol. The summed E-state index contributed by atoms with van der Waals surface area (Å²) in [5.74, 6) is 1.49. The van der Waals surface area contributed by atoms with E-state index in [2.05, 4.69) is 0 Å². The van der Waals surface area contributed by atoms with Crippen LogP contribution in [0.3, 0.4) is 0 Å². The maximum Gasteiger partial charge on any atom is 0.253 e. The van der Waals surface area contributed by atoms with Crippen molar-refractivity contribution in [1.29, 1.82) is 0 Å². The van der Waals surface area contributed by atoms with Crippen LogP contribution in [0, 0.1) is 5.82 Å². The fourth-order valence-corrected chi connectivity index (χ4v) is 4.79. The lowest BCUT2D eigenvalue weighted by molar-refractivity contribution is -0.0873. The van der Waals surface area contributed by atoms with E-state index in [9.17, 15) is 9.18 Å². The Morgan fingerprint density at radius 2 is 1.79 bits per heavy atom. The third kappa shape index (κ3) is 5.14. The van der Waals surface area contributed by atoms with Gasteiger partial charge in [-0.25, -0.2) is 4.39 Å². The van der Waals surface area contributed by atoms with Gasteiger partial charge in [-0.05, 0) is 64.1 Å². The van der Waals surface area contributed by atoms with Crippen molar-refractivity contribution in [3.63, 3.8) is 0 Å². The number of fused-ring (bicyclic) bond motifs is 1. The third-order valence-corrected chi connectivity index (χ3v) is 6.37. The molecule has 0 N–H and O–H groups in total. The average molecular weight is 472 g/mol. The van der Waals surface area contributed by atoms with Gasteiger partial charge in [-0.15, -0.1) is 0 Å². The lowest BCUT2D eigenvalue weighted by Crippen LogP contribution is -2.52. The van der Waals surface area contributed by atoms with Gasteiger partial charge in [0, 0.05) is 43.5 Å². The molecule has 1 atom stereocenters. The van der Waals surface area contributed by atoms with Crippen molar-refractivity contribution in [2.45, 2.75) is 70.9 Å². The van der Waals surface area contributed by atoms with Crippen molar-refractivity contribution in [3.8, 4) is 17.2 Å². The molecule has 0 radical (unpaired) electrons. The van der Waals surface area contributed by atoms with Gasteiger partial charge in [-0.3, -0.25) is 4.79 Å². The lowest BCUT2D eigenvalue weighted by Gasteiger charge is -2.47. The summed E-state index contributed by atoms with van der Waals surface area (Å²) >= 11 is 0. The van der Waals surface area contributed by atoms with Crippen molar-refractivity contribution < 1.29 is 28.1 Å². The molecule has 0 unspecified atom stereocenters. The monoisotopic (exact) mass is 471 g/mol. The van der Waals surface area contributed by atoms with Gasteiger partial charge in [0.1, 0.15) is 17.2 Å². The van der Waals surface area contributed by atoms with Crippen LogP contribution in [0.5, 0.6) is 17.2 Å². The highest BCUT2D eigenvalue weighted by Gasteiger charge is 2.45. The first kappa shape index (κ1) is 24.3. The second-order valence-electron chi connectivity index (χ2n) is 9.67. The molecule has 0 aromatic heterocycles. The number of piperidine rings is 1. The molecule has 1 fully saturated rings. The Labute approximate surface area is 200 Å². The number of rotatable bonds is 6. The van der Waals surface area contributed by atoms with E-state index >= 15 is 0 Å². The average Bonchev–Trinajstić information content (AvgIpc) is 2.79. The van der Waals surface area contributed by atoms with Crippen LogP contribution in [0.25, 0.3) is 0 Å². The molecule has 2 heterocycles.